The Balaban J connectivity index is 1.89. The summed E-state index contributed by atoms with van der Waals surface area (Å²) in [6.45, 7) is 8.26. The molecule has 0 spiro atoms. The van der Waals surface area contributed by atoms with Gasteiger partial charge in [-0.1, -0.05) is 24.8 Å². The topological polar surface area (TPSA) is 65.1 Å². The zero-order valence-electron chi connectivity index (χ0n) is 16.4. The van der Waals surface area contributed by atoms with E-state index in [1.54, 1.807) is 13.2 Å². The molecule has 0 unspecified atom stereocenters. The summed E-state index contributed by atoms with van der Waals surface area (Å²) in [5.41, 5.74) is 6.34. The fraction of sp³-hybridized carbons (Fsp3) is 0.238. The molecule has 2 heterocycles. The number of halogens is 1. The zero-order valence-corrected chi connectivity index (χ0v) is 17.2. The maximum Gasteiger partial charge on any atom is 0.224 e. The van der Waals surface area contributed by atoms with Crippen molar-refractivity contribution in [2.45, 2.75) is 12.8 Å². The molecule has 3 N–H and O–H groups in total. The van der Waals surface area contributed by atoms with E-state index in [9.17, 15) is 0 Å². The minimum absolute atomic E-state index is 0.462. The van der Waals surface area contributed by atoms with E-state index in [1.165, 1.54) is 5.57 Å². The first-order valence-electron chi connectivity index (χ1n) is 9.03. The van der Waals surface area contributed by atoms with E-state index in [1.807, 2.05) is 20.2 Å². The largest absolute Gasteiger partial charge is 0.392 e. The molecular formula is C21H25ClN6. The van der Waals surface area contributed by atoms with E-state index < -0.39 is 0 Å². The molecule has 1 aliphatic heterocycles. The first-order chi connectivity index (χ1) is 13.4. The van der Waals surface area contributed by atoms with Crippen LogP contribution in [0, 0.1) is 0 Å². The second-order valence-corrected chi connectivity index (χ2v) is 6.97. The van der Waals surface area contributed by atoms with Gasteiger partial charge in [-0.05, 0) is 42.7 Å². The lowest BCUT2D eigenvalue weighted by Crippen LogP contribution is -2.21. The number of hydrogen-bond acceptors (Lipinski definition) is 6. The van der Waals surface area contributed by atoms with Crippen molar-refractivity contribution in [1.82, 2.24) is 15.3 Å². The summed E-state index contributed by atoms with van der Waals surface area (Å²) in [7, 11) is 5.70. The number of likely N-dealkylation sites (N-methyl/N-ethyl adjacent to an activating group) is 1. The molecule has 6 nitrogen and oxygen atoms in total. The van der Waals surface area contributed by atoms with E-state index >= 15 is 0 Å². The standard InChI is InChI=1S/C21H25ClN6/c1-13(23-3)6-7-15-10-16-11-17(8-9-19(16)28(5)14(15)2)26-20-18(22)12-25-21(24-4)27-20/h8-12,23H,1-2,6-7H2,3-5H3,(H2,24,25,26,27). The van der Waals surface area contributed by atoms with Crippen LogP contribution in [0.25, 0.3) is 6.08 Å². The van der Waals surface area contributed by atoms with Crippen LogP contribution in [0.5, 0.6) is 0 Å². The van der Waals surface area contributed by atoms with Crippen LogP contribution in [0.15, 0.2) is 54.5 Å². The van der Waals surface area contributed by atoms with Gasteiger partial charge in [0.15, 0.2) is 5.82 Å². The first-order valence-corrected chi connectivity index (χ1v) is 9.41. The lowest BCUT2D eigenvalue weighted by atomic mass is 9.96. The molecule has 1 aromatic heterocycles. The highest BCUT2D eigenvalue weighted by atomic mass is 35.5. The quantitative estimate of drug-likeness (QED) is 0.626. The second kappa shape index (κ2) is 8.35. The van der Waals surface area contributed by atoms with Crippen molar-refractivity contribution in [2.75, 3.05) is 36.7 Å². The molecule has 0 atom stereocenters. The molecule has 28 heavy (non-hydrogen) atoms. The van der Waals surface area contributed by atoms with Crippen LogP contribution in [0.1, 0.15) is 18.4 Å². The van der Waals surface area contributed by atoms with Gasteiger partial charge in [-0.3, -0.25) is 0 Å². The van der Waals surface area contributed by atoms with E-state index in [0.717, 1.165) is 41.2 Å². The molecule has 3 rings (SSSR count). The zero-order chi connectivity index (χ0) is 20.3. The van der Waals surface area contributed by atoms with E-state index in [2.05, 4.69) is 62.2 Å². The van der Waals surface area contributed by atoms with Crippen molar-refractivity contribution < 1.29 is 0 Å². The molecule has 0 fully saturated rings. The number of aromatic nitrogens is 2. The van der Waals surface area contributed by atoms with Gasteiger partial charge in [0.05, 0.1) is 6.20 Å². The number of fused-ring (bicyclic) bond motifs is 1. The number of hydrogen-bond donors (Lipinski definition) is 3. The normalized spacial score (nSPS) is 12.9. The number of rotatable bonds is 7. The van der Waals surface area contributed by atoms with Gasteiger partial charge >= 0.3 is 0 Å². The van der Waals surface area contributed by atoms with E-state index in [4.69, 9.17) is 11.6 Å². The summed E-state index contributed by atoms with van der Waals surface area (Å²) in [5, 5.41) is 9.75. The average Bonchev–Trinajstić information content (AvgIpc) is 2.70. The van der Waals surface area contributed by atoms with Crippen LogP contribution in [0.2, 0.25) is 5.02 Å². The van der Waals surface area contributed by atoms with Gasteiger partial charge in [-0.15, -0.1) is 0 Å². The summed E-state index contributed by atoms with van der Waals surface area (Å²) in [5.74, 6) is 1.07. The van der Waals surface area contributed by atoms with Crippen molar-refractivity contribution in [2.24, 2.45) is 0 Å². The molecule has 0 radical (unpaired) electrons. The molecule has 1 aliphatic rings. The number of nitrogens with zero attached hydrogens (tertiary/aromatic N) is 3. The Morgan fingerprint density at radius 1 is 1.29 bits per heavy atom. The van der Waals surface area contributed by atoms with Crippen LogP contribution in [-0.4, -0.2) is 31.1 Å². The third-order valence-corrected chi connectivity index (χ3v) is 5.05. The van der Waals surface area contributed by atoms with Crippen LogP contribution in [0.3, 0.4) is 0 Å². The Morgan fingerprint density at radius 2 is 2.07 bits per heavy atom. The third kappa shape index (κ3) is 4.12. The van der Waals surface area contributed by atoms with Crippen molar-refractivity contribution in [1.29, 1.82) is 0 Å². The highest BCUT2D eigenvalue weighted by molar-refractivity contribution is 6.32. The van der Waals surface area contributed by atoms with Gasteiger partial charge in [-0.2, -0.15) is 4.98 Å². The molecule has 1 aromatic carbocycles. The number of benzene rings is 1. The highest BCUT2D eigenvalue weighted by Crippen LogP contribution is 2.37. The maximum atomic E-state index is 6.24. The van der Waals surface area contributed by atoms with Crippen molar-refractivity contribution in [3.63, 3.8) is 0 Å². The average molecular weight is 397 g/mol. The summed E-state index contributed by atoms with van der Waals surface area (Å²) in [4.78, 5) is 10.6. The van der Waals surface area contributed by atoms with Crippen LogP contribution < -0.4 is 20.9 Å². The van der Waals surface area contributed by atoms with Crippen LogP contribution >= 0.6 is 11.6 Å². The van der Waals surface area contributed by atoms with Crippen molar-refractivity contribution in [3.05, 3.63) is 65.1 Å². The Hall–Kier alpha value is -2.99. The van der Waals surface area contributed by atoms with E-state index in [0.29, 0.717) is 16.8 Å². The van der Waals surface area contributed by atoms with Gasteiger partial charge in [-0.25, -0.2) is 4.98 Å². The molecule has 146 valence electrons. The SMILES string of the molecule is C=C(CCC1=Cc2cc(Nc3nc(NC)ncc3Cl)ccc2N(C)C1=C)NC. The Kier molecular flexibility index (Phi) is 5.90. The monoisotopic (exact) mass is 396 g/mol. The minimum Gasteiger partial charge on any atom is -0.392 e. The van der Waals surface area contributed by atoms with Gasteiger partial charge in [0.2, 0.25) is 5.95 Å². The summed E-state index contributed by atoms with van der Waals surface area (Å²) in [6, 6.07) is 6.15. The second-order valence-electron chi connectivity index (χ2n) is 6.57. The lowest BCUT2D eigenvalue weighted by molar-refractivity contribution is 0.833. The highest BCUT2D eigenvalue weighted by Gasteiger charge is 2.19. The van der Waals surface area contributed by atoms with Gasteiger partial charge in [0, 0.05) is 49.5 Å². The predicted molar refractivity (Wildman–Crippen MR) is 119 cm³/mol. The minimum atomic E-state index is 0.462. The third-order valence-electron chi connectivity index (χ3n) is 4.77. The number of anilines is 4. The fourth-order valence-corrected chi connectivity index (χ4v) is 3.16. The Bertz CT molecular complexity index is 950. The van der Waals surface area contributed by atoms with Gasteiger partial charge in [0.25, 0.3) is 0 Å². The molecule has 0 saturated carbocycles. The van der Waals surface area contributed by atoms with Gasteiger partial charge < -0.3 is 20.9 Å². The summed E-state index contributed by atoms with van der Waals surface area (Å²) < 4.78 is 0. The fourth-order valence-electron chi connectivity index (χ4n) is 3.02. The van der Waals surface area contributed by atoms with Crippen LogP contribution in [-0.2, 0) is 0 Å². The number of allylic oxidation sites excluding steroid dienone is 2. The first kappa shape index (κ1) is 19.8. The van der Waals surface area contributed by atoms with Gasteiger partial charge in [0.1, 0.15) is 5.02 Å². The molecule has 0 bridgehead atoms. The molecule has 0 saturated heterocycles. The maximum absolute atomic E-state index is 6.24. The van der Waals surface area contributed by atoms with Crippen LogP contribution in [0.4, 0.5) is 23.1 Å². The van der Waals surface area contributed by atoms with Crippen molar-refractivity contribution in [3.8, 4) is 0 Å². The lowest BCUT2D eigenvalue weighted by Gasteiger charge is -2.30. The Morgan fingerprint density at radius 3 is 2.79 bits per heavy atom. The van der Waals surface area contributed by atoms with E-state index in [-0.39, 0.29) is 0 Å². The molecule has 0 amide bonds. The summed E-state index contributed by atoms with van der Waals surface area (Å²) in [6.07, 6.45) is 5.51. The molecule has 7 heteroatoms. The number of nitrogens with one attached hydrogen (secondary N) is 3. The molecule has 2 aromatic rings. The predicted octanol–water partition coefficient (Wildman–Crippen LogP) is 4.78. The molecular weight excluding hydrogens is 372 g/mol. The van der Waals surface area contributed by atoms with Crippen molar-refractivity contribution >= 4 is 40.8 Å². The summed E-state index contributed by atoms with van der Waals surface area (Å²) >= 11 is 6.24. The Labute approximate surface area is 171 Å². The molecule has 0 aliphatic carbocycles. The smallest absolute Gasteiger partial charge is 0.224 e.